The Labute approximate surface area is 179 Å². The second-order valence-corrected chi connectivity index (χ2v) is 9.64. The van der Waals surface area contributed by atoms with E-state index in [1.54, 1.807) is 0 Å². The van der Waals surface area contributed by atoms with E-state index in [0.29, 0.717) is 6.04 Å². The Morgan fingerprint density at radius 2 is 1.93 bits per heavy atom. The lowest BCUT2D eigenvalue weighted by molar-refractivity contribution is 0.0582. The predicted molar refractivity (Wildman–Crippen MR) is 120 cm³/mol. The standard InChI is InChI=1S/C25H34N4O/c1-19-26-23-22(24(30)27-19)8-13-25(23)12-5-14-29(18-25)21-10-16-28(17-11-21)15-9-20-6-3-2-4-7-20/h2-4,6-7,21H,5,8-18H2,1H3,(H,26,27,30). The van der Waals surface area contributed by atoms with Crippen molar-refractivity contribution in [2.75, 3.05) is 32.7 Å². The van der Waals surface area contributed by atoms with E-state index >= 15 is 0 Å². The lowest BCUT2D eigenvalue weighted by Crippen LogP contribution is -2.53. The van der Waals surface area contributed by atoms with Crippen LogP contribution < -0.4 is 5.56 Å². The van der Waals surface area contributed by atoms with Crippen LogP contribution in [0.5, 0.6) is 0 Å². The summed E-state index contributed by atoms with van der Waals surface area (Å²) >= 11 is 0. The maximum Gasteiger partial charge on any atom is 0.254 e. The smallest absolute Gasteiger partial charge is 0.254 e. The number of aryl methyl sites for hydroxylation is 1. The van der Waals surface area contributed by atoms with Gasteiger partial charge in [0.05, 0.1) is 5.69 Å². The molecule has 5 nitrogen and oxygen atoms in total. The Morgan fingerprint density at radius 3 is 2.73 bits per heavy atom. The third-order valence-electron chi connectivity index (χ3n) is 7.73. The molecule has 1 aliphatic carbocycles. The number of nitrogens with zero attached hydrogens (tertiary/aromatic N) is 3. The predicted octanol–water partition coefficient (Wildman–Crippen LogP) is 3.07. The van der Waals surface area contributed by atoms with Gasteiger partial charge in [-0.25, -0.2) is 4.98 Å². The van der Waals surface area contributed by atoms with E-state index in [0.717, 1.165) is 42.9 Å². The normalized spacial score (nSPS) is 25.6. The van der Waals surface area contributed by atoms with Gasteiger partial charge in [-0.3, -0.25) is 9.69 Å². The van der Waals surface area contributed by atoms with Gasteiger partial charge in [-0.15, -0.1) is 0 Å². The summed E-state index contributed by atoms with van der Waals surface area (Å²) in [5.41, 5.74) is 3.72. The van der Waals surface area contributed by atoms with E-state index in [1.807, 2.05) is 6.92 Å². The van der Waals surface area contributed by atoms with E-state index in [9.17, 15) is 4.79 Å². The molecule has 2 aromatic rings. The molecule has 5 rings (SSSR count). The summed E-state index contributed by atoms with van der Waals surface area (Å²) in [6.07, 6.45) is 8.06. The van der Waals surface area contributed by atoms with Crippen LogP contribution in [0.4, 0.5) is 0 Å². The maximum absolute atomic E-state index is 12.4. The average Bonchev–Trinajstić information content (AvgIpc) is 3.11. The number of hydrogen-bond donors (Lipinski definition) is 1. The number of piperidine rings is 2. The fraction of sp³-hybridized carbons (Fsp3) is 0.600. The minimum Gasteiger partial charge on any atom is -0.311 e. The zero-order chi connectivity index (χ0) is 20.6. The third-order valence-corrected chi connectivity index (χ3v) is 7.73. The summed E-state index contributed by atoms with van der Waals surface area (Å²) in [7, 11) is 0. The Hall–Kier alpha value is -1.98. The van der Waals surface area contributed by atoms with Crippen LogP contribution in [0.15, 0.2) is 35.1 Å². The molecule has 1 unspecified atom stereocenters. The highest BCUT2D eigenvalue weighted by molar-refractivity contribution is 5.34. The molecule has 5 heteroatoms. The average molecular weight is 407 g/mol. The first-order valence-corrected chi connectivity index (χ1v) is 11.7. The van der Waals surface area contributed by atoms with Gasteiger partial charge in [0, 0.05) is 30.1 Å². The molecule has 0 bridgehead atoms. The number of nitrogens with one attached hydrogen (secondary N) is 1. The first kappa shape index (κ1) is 20.0. The molecule has 2 aliphatic heterocycles. The third kappa shape index (κ3) is 3.85. The second kappa shape index (κ2) is 8.27. The Bertz CT molecular complexity index is 932. The molecule has 3 aliphatic rings. The largest absolute Gasteiger partial charge is 0.311 e. The molecular formula is C25H34N4O. The number of H-pyrrole nitrogens is 1. The molecule has 30 heavy (non-hydrogen) atoms. The van der Waals surface area contributed by atoms with Gasteiger partial charge >= 0.3 is 0 Å². The molecule has 160 valence electrons. The molecule has 1 aromatic carbocycles. The summed E-state index contributed by atoms with van der Waals surface area (Å²) in [5, 5.41) is 0. The number of aromatic nitrogens is 2. The van der Waals surface area contributed by atoms with Crippen molar-refractivity contribution < 1.29 is 0 Å². The number of likely N-dealkylation sites (tertiary alicyclic amines) is 2. The molecule has 1 atom stereocenters. The van der Waals surface area contributed by atoms with E-state index in [1.165, 1.54) is 57.4 Å². The Kier molecular flexibility index (Phi) is 5.50. The number of aromatic amines is 1. The molecule has 0 amide bonds. The van der Waals surface area contributed by atoms with Crippen LogP contribution in [-0.4, -0.2) is 58.5 Å². The number of benzene rings is 1. The van der Waals surface area contributed by atoms with Crippen LogP contribution in [0.1, 0.15) is 54.7 Å². The van der Waals surface area contributed by atoms with Crippen LogP contribution in [0.2, 0.25) is 0 Å². The van der Waals surface area contributed by atoms with Crippen molar-refractivity contribution in [3.8, 4) is 0 Å². The fourth-order valence-corrected chi connectivity index (χ4v) is 6.08. The highest BCUT2D eigenvalue weighted by atomic mass is 16.1. The van der Waals surface area contributed by atoms with Crippen molar-refractivity contribution in [3.05, 3.63) is 63.3 Å². The molecule has 1 aromatic heterocycles. The zero-order valence-corrected chi connectivity index (χ0v) is 18.2. The summed E-state index contributed by atoms with van der Waals surface area (Å²) < 4.78 is 0. The van der Waals surface area contributed by atoms with Gasteiger partial charge in [0.1, 0.15) is 5.82 Å². The highest BCUT2D eigenvalue weighted by Crippen LogP contribution is 2.43. The second-order valence-electron chi connectivity index (χ2n) is 9.64. The van der Waals surface area contributed by atoms with Crippen molar-refractivity contribution >= 4 is 0 Å². The van der Waals surface area contributed by atoms with E-state index < -0.39 is 0 Å². The number of hydrogen-bond acceptors (Lipinski definition) is 4. The molecule has 1 N–H and O–H groups in total. The van der Waals surface area contributed by atoms with Crippen molar-refractivity contribution in [3.63, 3.8) is 0 Å². The molecule has 2 saturated heterocycles. The molecule has 3 heterocycles. The maximum atomic E-state index is 12.4. The zero-order valence-electron chi connectivity index (χ0n) is 18.2. The number of fused-ring (bicyclic) bond motifs is 2. The lowest BCUT2D eigenvalue weighted by atomic mass is 9.76. The summed E-state index contributed by atoms with van der Waals surface area (Å²) in [5.74, 6) is 0.767. The highest BCUT2D eigenvalue weighted by Gasteiger charge is 2.45. The van der Waals surface area contributed by atoms with Crippen LogP contribution in [-0.2, 0) is 18.3 Å². The number of rotatable bonds is 4. The summed E-state index contributed by atoms with van der Waals surface area (Å²) in [6.45, 7) is 7.78. The Balaban J connectivity index is 1.21. The SMILES string of the molecule is Cc1nc2c(c(=O)[nH]1)CCC21CCCN(C2CCN(CCc3ccccc3)CC2)C1. The van der Waals surface area contributed by atoms with E-state index in [2.05, 4.69) is 45.1 Å². The van der Waals surface area contributed by atoms with Gasteiger partial charge in [0.2, 0.25) is 0 Å². The van der Waals surface area contributed by atoms with Crippen molar-refractivity contribution in [2.45, 2.75) is 63.3 Å². The minimum atomic E-state index is 0.0956. The van der Waals surface area contributed by atoms with Crippen LogP contribution >= 0.6 is 0 Å². The molecule has 0 radical (unpaired) electrons. The van der Waals surface area contributed by atoms with Crippen molar-refractivity contribution in [2.24, 2.45) is 0 Å². The van der Waals surface area contributed by atoms with Gasteiger partial charge in [0.15, 0.2) is 0 Å². The van der Waals surface area contributed by atoms with Crippen molar-refractivity contribution in [1.82, 2.24) is 19.8 Å². The summed E-state index contributed by atoms with van der Waals surface area (Å²) in [6, 6.07) is 11.5. The van der Waals surface area contributed by atoms with Gasteiger partial charge in [-0.05, 0) is 77.1 Å². The fourth-order valence-electron chi connectivity index (χ4n) is 6.08. The van der Waals surface area contributed by atoms with Crippen molar-refractivity contribution in [1.29, 1.82) is 0 Å². The minimum absolute atomic E-state index is 0.0956. The first-order chi connectivity index (χ1) is 14.6. The topological polar surface area (TPSA) is 52.2 Å². The molecule has 1 spiro atoms. The molecular weight excluding hydrogens is 372 g/mol. The summed E-state index contributed by atoms with van der Waals surface area (Å²) in [4.78, 5) is 25.6. The van der Waals surface area contributed by atoms with Crippen LogP contribution in [0, 0.1) is 6.92 Å². The quantitative estimate of drug-likeness (QED) is 0.848. The molecule has 2 fully saturated rings. The monoisotopic (exact) mass is 406 g/mol. The Morgan fingerprint density at radius 1 is 1.13 bits per heavy atom. The van der Waals surface area contributed by atoms with Crippen LogP contribution in [0.25, 0.3) is 0 Å². The lowest BCUT2D eigenvalue weighted by Gasteiger charge is -2.46. The van der Waals surface area contributed by atoms with Gasteiger partial charge in [0.25, 0.3) is 5.56 Å². The van der Waals surface area contributed by atoms with Gasteiger partial charge < -0.3 is 9.88 Å². The van der Waals surface area contributed by atoms with Crippen LogP contribution in [0.3, 0.4) is 0 Å². The van der Waals surface area contributed by atoms with E-state index in [-0.39, 0.29) is 11.0 Å². The van der Waals surface area contributed by atoms with E-state index in [4.69, 9.17) is 4.98 Å². The van der Waals surface area contributed by atoms with Gasteiger partial charge in [-0.2, -0.15) is 0 Å². The van der Waals surface area contributed by atoms with Gasteiger partial charge in [-0.1, -0.05) is 30.3 Å². The first-order valence-electron chi connectivity index (χ1n) is 11.7. The molecule has 0 saturated carbocycles.